The van der Waals surface area contributed by atoms with Crippen molar-refractivity contribution < 1.29 is 18.8 Å². The second-order valence-electron chi connectivity index (χ2n) is 7.26. The lowest BCUT2D eigenvalue weighted by Gasteiger charge is -2.24. The van der Waals surface area contributed by atoms with Gasteiger partial charge in [0.15, 0.2) is 5.43 Å². The Hall–Kier alpha value is -2.64. The van der Waals surface area contributed by atoms with E-state index >= 15 is 0 Å². The molecule has 1 atom stereocenters. The predicted molar refractivity (Wildman–Crippen MR) is 109 cm³/mol. The van der Waals surface area contributed by atoms with Crippen LogP contribution in [0.15, 0.2) is 44.9 Å². The first-order valence-corrected chi connectivity index (χ1v) is 10.2. The van der Waals surface area contributed by atoms with Crippen molar-refractivity contribution in [3.05, 3.63) is 62.1 Å². The van der Waals surface area contributed by atoms with Crippen LogP contribution in [-0.4, -0.2) is 45.1 Å². The lowest BCUT2D eigenvalue weighted by atomic mass is 10.0. The van der Waals surface area contributed by atoms with Crippen molar-refractivity contribution in [2.75, 3.05) is 34.3 Å². The van der Waals surface area contributed by atoms with Crippen LogP contribution in [0.1, 0.15) is 33.5 Å². The summed E-state index contributed by atoms with van der Waals surface area (Å²) in [4.78, 5) is 30.6. The van der Waals surface area contributed by atoms with Crippen LogP contribution in [0.2, 0.25) is 0 Å². The van der Waals surface area contributed by atoms with Gasteiger partial charge in [-0.25, -0.2) is 0 Å². The molecule has 0 radical (unpaired) electrons. The minimum atomic E-state index is -0.387. The summed E-state index contributed by atoms with van der Waals surface area (Å²) in [6.07, 6.45) is 0.853. The van der Waals surface area contributed by atoms with E-state index < -0.39 is 0 Å². The van der Waals surface area contributed by atoms with E-state index in [0.717, 1.165) is 17.8 Å². The molecule has 0 unspecified atom stereocenters. The number of carbonyl (C=O) groups is 1. The molecule has 1 aliphatic rings. The molecule has 0 saturated heterocycles. The van der Waals surface area contributed by atoms with E-state index in [2.05, 4.69) is 14.1 Å². The van der Waals surface area contributed by atoms with Crippen molar-refractivity contribution in [3.63, 3.8) is 0 Å². The van der Waals surface area contributed by atoms with Gasteiger partial charge in [0.05, 0.1) is 44.7 Å². The number of ether oxygens (including phenoxy) is 1. The van der Waals surface area contributed by atoms with Crippen molar-refractivity contribution in [3.8, 4) is 5.75 Å². The van der Waals surface area contributed by atoms with Gasteiger partial charge in [-0.05, 0) is 23.6 Å². The Labute approximate surface area is 166 Å². The van der Waals surface area contributed by atoms with E-state index in [0.29, 0.717) is 28.8 Å². The second-order valence-corrected chi connectivity index (χ2v) is 8.24. The molecule has 7 heteroatoms. The molecule has 0 saturated carbocycles. The van der Waals surface area contributed by atoms with Crippen LogP contribution in [0.25, 0.3) is 11.0 Å². The third-order valence-electron chi connectivity index (χ3n) is 5.06. The molecule has 4 rings (SSSR count). The number of rotatable bonds is 6. The lowest BCUT2D eigenvalue weighted by Crippen LogP contribution is -3.05. The van der Waals surface area contributed by atoms with Gasteiger partial charge in [-0.3, -0.25) is 9.59 Å². The number of quaternary nitrogens is 1. The standard InChI is InChI=1S/C21H22N2O4S/c1-22(2)9-5-10-23-18(16-6-4-11-28-16)17-19(24)14-8-7-13(26-3)12-15(14)27-20(17)21(23)25/h4,6-8,11-12,18H,5,9-10H2,1-3H3/p+1/t18-/m1/s1. The molecule has 3 heterocycles. The number of hydrogen-bond donors (Lipinski definition) is 1. The van der Waals surface area contributed by atoms with E-state index in [9.17, 15) is 9.59 Å². The second kappa shape index (κ2) is 7.41. The first-order valence-electron chi connectivity index (χ1n) is 9.29. The number of thiophene rings is 1. The molecule has 2 aromatic heterocycles. The van der Waals surface area contributed by atoms with Crippen molar-refractivity contribution in [1.82, 2.24) is 4.90 Å². The molecule has 0 aliphatic carbocycles. The average Bonchev–Trinajstić information content (AvgIpc) is 3.29. The van der Waals surface area contributed by atoms with E-state index in [4.69, 9.17) is 9.15 Å². The minimum absolute atomic E-state index is 0.147. The van der Waals surface area contributed by atoms with Gasteiger partial charge in [-0.2, -0.15) is 0 Å². The van der Waals surface area contributed by atoms with Gasteiger partial charge in [0, 0.05) is 23.9 Å². The Morgan fingerprint density at radius 3 is 2.75 bits per heavy atom. The maximum absolute atomic E-state index is 13.3. The molecule has 0 spiro atoms. The van der Waals surface area contributed by atoms with Crippen molar-refractivity contribution in [2.24, 2.45) is 0 Å². The SMILES string of the molecule is COc1ccc2c(=O)c3c(oc2c1)C(=O)N(CCC[NH+](C)C)[C@@H]3c1cccs1. The predicted octanol–water partition coefficient (Wildman–Crippen LogP) is 1.94. The Kier molecular flexibility index (Phi) is 4.95. The summed E-state index contributed by atoms with van der Waals surface area (Å²) in [5.41, 5.74) is 0.676. The largest absolute Gasteiger partial charge is 0.497 e. The molecule has 1 aromatic carbocycles. The molecule has 28 heavy (non-hydrogen) atoms. The highest BCUT2D eigenvalue weighted by atomic mass is 32.1. The van der Waals surface area contributed by atoms with Crippen molar-refractivity contribution in [2.45, 2.75) is 12.5 Å². The maximum atomic E-state index is 13.3. The van der Waals surface area contributed by atoms with Crippen molar-refractivity contribution >= 4 is 28.2 Å². The molecule has 1 N–H and O–H groups in total. The summed E-state index contributed by atoms with van der Waals surface area (Å²) in [6, 6.07) is 8.62. The molecule has 3 aromatic rings. The highest BCUT2D eigenvalue weighted by Crippen LogP contribution is 2.40. The maximum Gasteiger partial charge on any atom is 0.290 e. The molecular weight excluding hydrogens is 376 g/mol. The monoisotopic (exact) mass is 399 g/mol. The first kappa shape index (κ1) is 18.7. The summed E-state index contributed by atoms with van der Waals surface area (Å²) >= 11 is 1.55. The van der Waals surface area contributed by atoms with Gasteiger partial charge in [0.25, 0.3) is 5.91 Å². The van der Waals surface area contributed by atoms with Crippen LogP contribution in [0.4, 0.5) is 0 Å². The van der Waals surface area contributed by atoms with Crippen LogP contribution in [0, 0.1) is 0 Å². The number of amides is 1. The normalized spacial score (nSPS) is 16.2. The van der Waals surface area contributed by atoms with Gasteiger partial charge in [-0.1, -0.05) is 6.07 Å². The van der Waals surface area contributed by atoms with E-state index in [-0.39, 0.29) is 23.1 Å². The third-order valence-corrected chi connectivity index (χ3v) is 5.99. The first-order chi connectivity index (χ1) is 13.5. The Balaban J connectivity index is 1.85. The minimum Gasteiger partial charge on any atom is -0.497 e. The van der Waals surface area contributed by atoms with Gasteiger partial charge in [0.1, 0.15) is 11.3 Å². The zero-order valence-electron chi connectivity index (χ0n) is 16.2. The lowest BCUT2D eigenvalue weighted by molar-refractivity contribution is -0.858. The van der Waals surface area contributed by atoms with Crippen LogP contribution in [-0.2, 0) is 0 Å². The van der Waals surface area contributed by atoms with Gasteiger partial charge in [0.2, 0.25) is 5.76 Å². The smallest absolute Gasteiger partial charge is 0.290 e. The molecule has 1 amide bonds. The molecule has 6 nitrogen and oxygen atoms in total. The van der Waals surface area contributed by atoms with Crippen LogP contribution >= 0.6 is 11.3 Å². The molecule has 0 bridgehead atoms. The number of methoxy groups -OCH3 is 1. The molecular formula is C21H23N2O4S+. The third kappa shape index (κ3) is 3.10. The zero-order chi connectivity index (χ0) is 19.8. The summed E-state index contributed by atoms with van der Waals surface area (Å²) < 4.78 is 11.2. The average molecular weight is 399 g/mol. The highest BCUT2D eigenvalue weighted by molar-refractivity contribution is 7.10. The van der Waals surface area contributed by atoms with Crippen LogP contribution < -0.4 is 15.1 Å². The molecule has 1 aliphatic heterocycles. The van der Waals surface area contributed by atoms with Crippen LogP contribution in [0.3, 0.4) is 0 Å². The number of nitrogens with one attached hydrogen (secondary N) is 1. The Morgan fingerprint density at radius 1 is 1.25 bits per heavy atom. The Bertz CT molecular complexity index is 1070. The fourth-order valence-electron chi connectivity index (χ4n) is 3.70. The number of fused-ring (bicyclic) bond motifs is 2. The van der Waals surface area contributed by atoms with E-state index in [1.54, 1.807) is 41.5 Å². The number of benzene rings is 1. The van der Waals surface area contributed by atoms with E-state index in [1.807, 2.05) is 17.5 Å². The van der Waals surface area contributed by atoms with Gasteiger partial charge in [-0.15, -0.1) is 11.3 Å². The quantitative estimate of drug-likeness (QED) is 0.688. The van der Waals surface area contributed by atoms with Crippen molar-refractivity contribution in [1.29, 1.82) is 0 Å². The summed E-state index contributed by atoms with van der Waals surface area (Å²) in [5, 5.41) is 2.43. The number of carbonyl (C=O) groups excluding carboxylic acids is 1. The number of nitrogens with zero attached hydrogens (tertiary/aromatic N) is 1. The fraction of sp³-hybridized carbons (Fsp3) is 0.333. The zero-order valence-corrected chi connectivity index (χ0v) is 17.0. The van der Waals surface area contributed by atoms with Gasteiger partial charge < -0.3 is 19.0 Å². The molecule has 0 fully saturated rings. The van der Waals surface area contributed by atoms with E-state index in [1.165, 1.54) is 4.90 Å². The topological polar surface area (TPSA) is 64.2 Å². The molecule has 146 valence electrons. The van der Waals surface area contributed by atoms with Gasteiger partial charge >= 0.3 is 0 Å². The summed E-state index contributed by atoms with van der Waals surface area (Å²) in [7, 11) is 5.73. The highest BCUT2D eigenvalue weighted by Gasteiger charge is 2.42. The summed E-state index contributed by atoms with van der Waals surface area (Å²) in [6.45, 7) is 1.52. The van der Waals surface area contributed by atoms with Crippen LogP contribution in [0.5, 0.6) is 5.75 Å². The number of hydrogen-bond acceptors (Lipinski definition) is 5. The summed E-state index contributed by atoms with van der Waals surface area (Å²) in [5.74, 6) is 0.520. The fourth-order valence-corrected chi connectivity index (χ4v) is 4.55. The Morgan fingerprint density at radius 2 is 2.07 bits per heavy atom.